The van der Waals surface area contributed by atoms with Crippen molar-refractivity contribution in [2.45, 2.75) is 6.42 Å². The Labute approximate surface area is 116 Å². The van der Waals surface area contributed by atoms with Gasteiger partial charge in [-0.15, -0.1) is 0 Å². The average molecular weight is 279 g/mol. The molecule has 7 heteroatoms. The summed E-state index contributed by atoms with van der Waals surface area (Å²) in [5.41, 5.74) is 1.58. The minimum Gasteiger partial charge on any atom is -0.493 e. The van der Waals surface area contributed by atoms with Crippen LogP contribution in [0.5, 0.6) is 11.5 Å². The number of fused-ring (bicyclic) bond motifs is 1. The Kier molecular flexibility index (Phi) is 4.29. The van der Waals surface area contributed by atoms with Gasteiger partial charge in [-0.25, -0.2) is 4.98 Å². The molecule has 0 aliphatic heterocycles. The lowest BCUT2D eigenvalue weighted by Crippen LogP contribution is -2.10. The summed E-state index contributed by atoms with van der Waals surface area (Å²) in [6.07, 6.45) is 0.278. The molecule has 108 valence electrons. The lowest BCUT2D eigenvalue weighted by molar-refractivity contribution is -0.140. The van der Waals surface area contributed by atoms with Crippen LogP contribution in [0.4, 0.5) is 5.95 Å². The largest absolute Gasteiger partial charge is 0.493 e. The van der Waals surface area contributed by atoms with Gasteiger partial charge in [0.25, 0.3) is 0 Å². The molecular formula is C13H17N3O4. The van der Waals surface area contributed by atoms with Crippen molar-refractivity contribution < 1.29 is 19.0 Å². The van der Waals surface area contributed by atoms with Gasteiger partial charge in [0.05, 0.1) is 38.8 Å². The van der Waals surface area contributed by atoms with Crippen LogP contribution >= 0.6 is 0 Å². The van der Waals surface area contributed by atoms with Crippen LogP contribution in [-0.4, -0.2) is 43.8 Å². The number of esters is 1. The minimum atomic E-state index is -0.267. The van der Waals surface area contributed by atoms with E-state index in [1.54, 1.807) is 20.3 Å². The second kappa shape index (κ2) is 6.14. The van der Waals surface area contributed by atoms with Crippen LogP contribution in [0.25, 0.3) is 11.0 Å². The first-order valence-corrected chi connectivity index (χ1v) is 6.10. The van der Waals surface area contributed by atoms with Crippen molar-refractivity contribution >= 4 is 23.0 Å². The minimum absolute atomic E-state index is 0.267. The zero-order valence-electron chi connectivity index (χ0n) is 11.6. The van der Waals surface area contributed by atoms with E-state index in [0.29, 0.717) is 24.0 Å². The highest BCUT2D eigenvalue weighted by Crippen LogP contribution is 2.31. The summed E-state index contributed by atoms with van der Waals surface area (Å²) in [6, 6.07) is 3.60. The van der Waals surface area contributed by atoms with Crippen molar-refractivity contribution in [2.24, 2.45) is 0 Å². The highest BCUT2D eigenvalue weighted by Gasteiger charge is 2.10. The molecule has 0 fully saturated rings. The van der Waals surface area contributed by atoms with E-state index in [2.05, 4.69) is 20.0 Å². The fourth-order valence-electron chi connectivity index (χ4n) is 1.81. The number of anilines is 1. The highest BCUT2D eigenvalue weighted by molar-refractivity contribution is 5.81. The monoisotopic (exact) mass is 279 g/mol. The number of H-pyrrole nitrogens is 1. The SMILES string of the molecule is COC(=O)CCNc1nc2cc(OC)c(OC)cc2[nH]1. The summed E-state index contributed by atoms with van der Waals surface area (Å²) in [4.78, 5) is 18.5. The molecule has 2 N–H and O–H groups in total. The number of aromatic amines is 1. The molecule has 0 radical (unpaired) electrons. The number of aromatic nitrogens is 2. The average Bonchev–Trinajstić information content (AvgIpc) is 2.86. The number of carbonyl (C=O) groups excluding carboxylic acids is 1. The van der Waals surface area contributed by atoms with E-state index < -0.39 is 0 Å². The first-order chi connectivity index (χ1) is 9.67. The molecule has 1 aromatic carbocycles. The van der Waals surface area contributed by atoms with Gasteiger partial charge in [0.2, 0.25) is 5.95 Å². The van der Waals surface area contributed by atoms with Crippen molar-refractivity contribution in [3.05, 3.63) is 12.1 Å². The quantitative estimate of drug-likeness (QED) is 0.780. The number of carbonyl (C=O) groups is 1. The summed E-state index contributed by atoms with van der Waals surface area (Å²) in [5.74, 6) is 1.56. The maximum Gasteiger partial charge on any atom is 0.307 e. The summed E-state index contributed by atoms with van der Waals surface area (Å²) in [7, 11) is 4.52. The number of nitrogens with zero attached hydrogens (tertiary/aromatic N) is 1. The van der Waals surface area contributed by atoms with E-state index in [1.807, 2.05) is 6.07 Å². The van der Waals surface area contributed by atoms with Crippen LogP contribution < -0.4 is 14.8 Å². The van der Waals surface area contributed by atoms with E-state index in [4.69, 9.17) is 9.47 Å². The van der Waals surface area contributed by atoms with Gasteiger partial charge in [0.15, 0.2) is 11.5 Å². The number of nitrogens with one attached hydrogen (secondary N) is 2. The molecule has 0 bridgehead atoms. The van der Waals surface area contributed by atoms with E-state index in [-0.39, 0.29) is 12.4 Å². The third kappa shape index (κ3) is 2.93. The number of hydrogen-bond donors (Lipinski definition) is 2. The molecule has 0 saturated carbocycles. The summed E-state index contributed by atoms with van der Waals surface area (Å²) >= 11 is 0. The van der Waals surface area contributed by atoms with Crippen LogP contribution in [0.1, 0.15) is 6.42 Å². The summed E-state index contributed by atoms with van der Waals surface area (Å²) in [6.45, 7) is 0.445. The maximum atomic E-state index is 11.0. The molecule has 1 aromatic heterocycles. The Morgan fingerprint density at radius 3 is 2.60 bits per heavy atom. The molecule has 0 saturated heterocycles. The Morgan fingerprint density at radius 1 is 1.25 bits per heavy atom. The molecule has 0 unspecified atom stereocenters. The van der Waals surface area contributed by atoms with Gasteiger partial charge in [-0.1, -0.05) is 0 Å². The summed E-state index contributed by atoms with van der Waals surface area (Å²) < 4.78 is 15.0. The van der Waals surface area contributed by atoms with Crippen molar-refractivity contribution in [1.29, 1.82) is 0 Å². The zero-order chi connectivity index (χ0) is 14.5. The van der Waals surface area contributed by atoms with Crippen LogP contribution in [0, 0.1) is 0 Å². The molecule has 1 heterocycles. The van der Waals surface area contributed by atoms with Gasteiger partial charge < -0.3 is 24.5 Å². The van der Waals surface area contributed by atoms with Crippen LogP contribution in [0.15, 0.2) is 12.1 Å². The smallest absolute Gasteiger partial charge is 0.307 e. The second-order valence-electron chi connectivity index (χ2n) is 4.06. The summed E-state index contributed by atoms with van der Waals surface area (Å²) in [5, 5.41) is 3.03. The Bertz CT molecular complexity index is 568. The molecule has 0 spiro atoms. The molecule has 0 amide bonds. The van der Waals surface area contributed by atoms with Crippen LogP contribution in [0.2, 0.25) is 0 Å². The van der Waals surface area contributed by atoms with E-state index in [1.165, 1.54) is 7.11 Å². The van der Waals surface area contributed by atoms with Crippen molar-refractivity contribution in [3.63, 3.8) is 0 Å². The lowest BCUT2D eigenvalue weighted by Gasteiger charge is -2.06. The Balaban J connectivity index is 2.14. The van der Waals surface area contributed by atoms with Gasteiger partial charge in [0.1, 0.15) is 0 Å². The molecule has 0 atom stereocenters. The van der Waals surface area contributed by atoms with Crippen LogP contribution in [-0.2, 0) is 9.53 Å². The van der Waals surface area contributed by atoms with Crippen molar-refractivity contribution in [1.82, 2.24) is 9.97 Å². The molecule has 20 heavy (non-hydrogen) atoms. The maximum absolute atomic E-state index is 11.0. The second-order valence-corrected chi connectivity index (χ2v) is 4.06. The molecule has 2 rings (SSSR count). The number of rotatable bonds is 6. The third-order valence-corrected chi connectivity index (χ3v) is 2.84. The topological polar surface area (TPSA) is 85.5 Å². The van der Waals surface area contributed by atoms with Gasteiger partial charge in [0, 0.05) is 18.7 Å². The van der Waals surface area contributed by atoms with Crippen LogP contribution in [0.3, 0.4) is 0 Å². The van der Waals surface area contributed by atoms with Crippen molar-refractivity contribution in [3.8, 4) is 11.5 Å². The number of benzene rings is 1. The van der Waals surface area contributed by atoms with Gasteiger partial charge >= 0.3 is 5.97 Å². The first-order valence-electron chi connectivity index (χ1n) is 6.10. The van der Waals surface area contributed by atoms with E-state index in [9.17, 15) is 4.79 Å². The van der Waals surface area contributed by atoms with Gasteiger partial charge in [-0.05, 0) is 0 Å². The molecular weight excluding hydrogens is 262 g/mol. The predicted molar refractivity (Wildman–Crippen MR) is 74.3 cm³/mol. The number of ether oxygens (including phenoxy) is 3. The number of imidazole rings is 1. The normalized spacial score (nSPS) is 10.3. The highest BCUT2D eigenvalue weighted by atomic mass is 16.5. The molecule has 2 aromatic rings. The van der Waals surface area contributed by atoms with Crippen molar-refractivity contribution in [2.75, 3.05) is 33.2 Å². The van der Waals surface area contributed by atoms with E-state index >= 15 is 0 Å². The third-order valence-electron chi connectivity index (χ3n) is 2.84. The molecule has 0 aliphatic rings. The van der Waals surface area contributed by atoms with E-state index in [0.717, 1.165) is 11.0 Å². The Hall–Kier alpha value is -2.44. The predicted octanol–water partition coefficient (Wildman–Crippen LogP) is 1.56. The zero-order valence-corrected chi connectivity index (χ0v) is 11.6. The number of methoxy groups -OCH3 is 3. The Morgan fingerprint density at radius 2 is 1.95 bits per heavy atom. The standard InChI is InChI=1S/C13H17N3O4/c1-18-10-6-8-9(7-11(10)19-2)16-13(15-8)14-5-4-12(17)20-3/h6-7H,4-5H2,1-3H3,(H2,14,15,16). The lowest BCUT2D eigenvalue weighted by atomic mass is 10.3. The first kappa shape index (κ1) is 14.0. The van der Waals surface area contributed by atoms with Gasteiger partial charge in [-0.3, -0.25) is 4.79 Å². The molecule has 0 aliphatic carbocycles. The fraction of sp³-hybridized carbons (Fsp3) is 0.385. The van der Waals surface area contributed by atoms with Gasteiger partial charge in [-0.2, -0.15) is 0 Å². The molecule has 7 nitrogen and oxygen atoms in total. The number of hydrogen-bond acceptors (Lipinski definition) is 6. The fourth-order valence-corrected chi connectivity index (χ4v) is 1.81.